The number of aromatic nitrogens is 2. The average molecular weight is 370 g/mol. The summed E-state index contributed by atoms with van der Waals surface area (Å²) in [6.45, 7) is 0.773. The first-order valence-corrected chi connectivity index (χ1v) is 8.59. The minimum atomic E-state index is -1.25. The number of rotatable bonds is 6. The summed E-state index contributed by atoms with van der Waals surface area (Å²) in [7, 11) is 0. The van der Waals surface area contributed by atoms with E-state index in [1.165, 1.54) is 6.07 Å². The van der Waals surface area contributed by atoms with Gasteiger partial charge in [-0.1, -0.05) is 18.2 Å². The van der Waals surface area contributed by atoms with Gasteiger partial charge in [0.1, 0.15) is 30.0 Å². The number of phenols is 1. The summed E-state index contributed by atoms with van der Waals surface area (Å²) in [5.41, 5.74) is 0.339. The normalized spacial score (nSPS) is 22.0. The second-order valence-electron chi connectivity index (χ2n) is 6.32. The molecule has 1 aromatic heterocycles. The maximum Gasteiger partial charge on any atom is 0.216 e. The Morgan fingerprint density at radius 3 is 2.78 bits per heavy atom. The molecule has 4 rings (SSSR count). The third kappa shape index (κ3) is 3.79. The third-order valence-electron chi connectivity index (χ3n) is 4.37. The molecule has 2 heterocycles. The van der Waals surface area contributed by atoms with E-state index in [0.717, 1.165) is 0 Å². The van der Waals surface area contributed by atoms with Gasteiger partial charge in [-0.3, -0.25) is 0 Å². The second-order valence-corrected chi connectivity index (χ2v) is 6.32. The van der Waals surface area contributed by atoms with Crippen molar-refractivity contribution in [2.45, 2.75) is 18.4 Å². The van der Waals surface area contributed by atoms with Crippen LogP contribution in [0.15, 0.2) is 67.3 Å². The molecular formula is C20H19FN2O4. The third-order valence-corrected chi connectivity index (χ3v) is 4.37. The summed E-state index contributed by atoms with van der Waals surface area (Å²) in [6, 6.07) is 12.9. The Kier molecular flexibility index (Phi) is 4.79. The molecule has 2 atom stereocenters. The Hall–Kier alpha value is -2.90. The van der Waals surface area contributed by atoms with Crippen molar-refractivity contribution in [2.75, 3.05) is 13.2 Å². The van der Waals surface area contributed by atoms with Crippen molar-refractivity contribution >= 4 is 0 Å². The van der Waals surface area contributed by atoms with Crippen LogP contribution in [0.25, 0.3) is 0 Å². The van der Waals surface area contributed by atoms with Crippen LogP contribution in [0.3, 0.4) is 0 Å². The lowest BCUT2D eigenvalue weighted by Crippen LogP contribution is -2.35. The predicted molar refractivity (Wildman–Crippen MR) is 94.7 cm³/mol. The van der Waals surface area contributed by atoms with Gasteiger partial charge in [-0.2, -0.15) is 0 Å². The fourth-order valence-electron chi connectivity index (χ4n) is 3.08. The standard InChI is InChI=1S/C20H19FN2O4/c21-19-4-2-1-3-18(19)20(13-23-10-9-22-14-23)26-12-17(27-20)11-25-16-7-5-15(24)6-8-16/h1-10,14,17,24H,11-13H2. The number of phenolic OH excluding ortho intramolecular Hbond substituents is 1. The fourth-order valence-corrected chi connectivity index (χ4v) is 3.08. The Labute approximate surface area is 155 Å². The highest BCUT2D eigenvalue weighted by Gasteiger charge is 2.45. The number of aromatic hydroxyl groups is 1. The summed E-state index contributed by atoms with van der Waals surface area (Å²) in [4.78, 5) is 4.03. The van der Waals surface area contributed by atoms with Gasteiger partial charge in [-0.15, -0.1) is 0 Å². The molecule has 7 heteroatoms. The molecule has 0 radical (unpaired) electrons. The summed E-state index contributed by atoms with van der Waals surface area (Å²) in [5.74, 6) is -0.872. The number of benzene rings is 2. The molecule has 0 spiro atoms. The fraction of sp³-hybridized carbons (Fsp3) is 0.250. The van der Waals surface area contributed by atoms with Gasteiger partial charge < -0.3 is 23.9 Å². The molecular weight excluding hydrogens is 351 g/mol. The Bertz CT molecular complexity index is 885. The predicted octanol–water partition coefficient (Wildman–Crippen LogP) is 3.08. The molecule has 3 aromatic rings. The van der Waals surface area contributed by atoms with E-state index >= 15 is 0 Å². The van der Waals surface area contributed by atoms with Crippen molar-refractivity contribution in [1.82, 2.24) is 9.55 Å². The van der Waals surface area contributed by atoms with E-state index < -0.39 is 11.6 Å². The van der Waals surface area contributed by atoms with Crippen LogP contribution in [0.2, 0.25) is 0 Å². The van der Waals surface area contributed by atoms with Crippen molar-refractivity contribution in [1.29, 1.82) is 0 Å². The van der Waals surface area contributed by atoms with Crippen LogP contribution >= 0.6 is 0 Å². The maximum atomic E-state index is 14.5. The topological polar surface area (TPSA) is 65.7 Å². The van der Waals surface area contributed by atoms with E-state index in [9.17, 15) is 9.50 Å². The van der Waals surface area contributed by atoms with E-state index in [1.54, 1.807) is 65.8 Å². The largest absolute Gasteiger partial charge is 0.508 e. The highest BCUT2D eigenvalue weighted by Crippen LogP contribution is 2.37. The second kappa shape index (κ2) is 7.38. The van der Waals surface area contributed by atoms with Gasteiger partial charge in [0.15, 0.2) is 0 Å². The molecule has 1 aliphatic heterocycles. The van der Waals surface area contributed by atoms with E-state index in [1.807, 2.05) is 0 Å². The SMILES string of the molecule is Oc1ccc(OCC2COC(Cn3ccnc3)(c3ccccc3F)O2)cc1. The van der Waals surface area contributed by atoms with Crippen molar-refractivity contribution in [3.8, 4) is 11.5 Å². The molecule has 140 valence electrons. The summed E-state index contributed by atoms with van der Waals surface area (Å²) in [6.07, 6.45) is 4.68. The van der Waals surface area contributed by atoms with Crippen LogP contribution in [-0.2, 0) is 21.8 Å². The number of imidazole rings is 1. The first-order valence-electron chi connectivity index (χ1n) is 8.59. The van der Waals surface area contributed by atoms with E-state index in [0.29, 0.717) is 11.3 Å². The van der Waals surface area contributed by atoms with Crippen molar-refractivity contribution in [3.05, 3.63) is 78.6 Å². The molecule has 1 fully saturated rings. The van der Waals surface area contributed by atoms with Crippen molar-refractivity contribution < 1.29 is 23.7 Å². The maximum absolute atomic E-state index is 14.5. The molecule has 2 aromatic carbocycles. The Balaban J connectivity index is 1.52. The lowest BCUT2D eigenvalue weighted by Gasteiger charge is -2.29. The molecule has 27 heavy (non-hydrogen) atoms. The minimum Gasteiger partial charge on any atom is -0.508 e. The van der Waals surface area contributed by atoms with Gasteiger partial charge in [-0.25, -0.2) is 9.37 Å². The summed E-state index contributed by atoms with van der Waals surface area (Å²) >= 11 is 0. The number of hydrogen-bond acceptors (Lipinski definition) is 5. The van der Waals surface area contributed by atoms with Crippen LogP contribution in [0.4, 0.5) is 4.39 Å². The van der Waals surface area contributed by atoms with Crippen LogP contribution in [0.5, 0.6) is 11.5 Å². The molecule has 1 saturated heterocycles. The van der Waals surface area contributed by atoms with Gasteiger partial charge in [-0.05, 0) is 30.3 Å². The minimum absolute atomic E-state index is 0.168. The lowest BCUT2D eigenvalue weighted by molar-refractivity contribution is -0.191. The van der Waals surface area contributed by atoms with Crippen molar-refractivity contribution in [3.63, 3.8) is 0 Å². The van der Waals surface area contributed by atoms with Gasteiger partial charge in [0.25, 0.3) is 0 Å². The average Bonchev–Trinajstić information content (AvgIpc) is 3.33. The zero-order valence-corrected chi connectivity index (χ0v) is 14.5. The van der Waals surface area contributed by atoms with Crippen LogP contribution in [0, 0.1) is 5.82 Å². The van der Waals surface area contributed by atoms with E-state index in [4.69, 9.17) is 14.2 Å². The molecule has 0 aliphatic carbocycles. The smallest absolute Gasteiger partial charge is 0.216 e. The molecule has 0 amide bonds. The van der Waals surface area contributed by atoms with Gasteiger partial charge in [0.2, 0.25) is 5.79 Å². The lowest BCUT2D eigenvalue weighted by atomic mass is 10.0. The summed E-state index contributed by atoms with van der Waals surface area (Å²) < 4.78 is 34.1. The Morgan fingerprint density at radius 2 is 2.04 bits per heavy atom. The number of halogens is 1. The zero-order chi connectivity index (χ0) is 18.7. The van der Waals surface area contributed by atoms with Gasteiger partial charge >= 0.3 is 0 Å². The van der Waals surface area contributed by atoms with Crippen molar-refractivity contribution in [2.24, 2.45) is 0 Å². The number of hydrogen-bond donors (Lipinski definition) is 1. The molecule has 0 bridgehead atoms. The molecule has 2 unspecified atom stereocenters. The molecule has 0 saturated carbocycles. The van der Waals surface area contributed by atoms with Crippen LogP contribution < -0.4 is 4.74 Å². The monoisotopic (exact) mass is 370 g/mol. The zero-order valence-electron chi connectivity index (χ0n) is 14.5. The highest BCUT2D eigenvalue weighted by molar-refractivity contribution is 5.30. The van der Waals surface area contributed by atoms with E-state index in [-0.39, 0.29) is 31.6 Å². The first kappa shape index (κ1) is 17.5. The molecule has 1 aliphatic rings. The molecule has 1 N–H and O–H groups in total. The quantitative estimate of drug-likeness (QED) is 0.722. The van der Waals surface area contributed by atoms with Gasteiger partial charge in [0.05, 0.1) is 19.5 Å². The number of nitrogens with zero attached hydrogens (tertiary/aromatic N) is 2. The van der Waals surface area contributed by atoms with E-state index in [2.05, 4.69) is 4.98 Å². The van der Waals surface area contributed by atoms with Crippen LogP contribution in [0.1, 0.15) is 5.56 Å². The number of ether oxygens (including phenoxy) is 3. The Morgan fingerprint density at radius 1 is 1.22 bits per heavy atom. The van der Waals surface area contributed by atoms with Gasteiger partial charge in [0, 0.05) is 18.0 Å². The highest BCUT2D eigenvalue weighted by atomic mass is 19.1. The first-order chi connectivity index (χ1) is 13.1. The summed E-state index contributed by atoms with van der Waals surface area (Å²) in [5, 5.41) is 9.34. The van der Waals surface area contributed by atoms with Crippen LogP contribution in [-0.4, -0.2) is 34.0 Å². The molecule has 6 nitrogen and oxygen atoms in total.